The summed E-state index contributed by atoms with van der Waals surface area (Å²) in [5.41, 5.74) is 1.25. The number of carbonyl (C=O) groups is 1. The van der Waals surface area contributed by atoms with Crippen molar-refractivity contribution in [1.29, 1.82) is 0 Å². The SMILES string of the molecule is Cn1ccnc1C1CNCCN1C(=O)CCn1c(=O)oc2ccccc21. The third-order valence-electron chi connectivity index (χ3n) is 4.84. The van der Waals surface area contributed by atoms with E-state index < -0.39 is 5.76 Å². The molecule has 0 saturated carbocycles. The van der Waals surface area contributed by atoms with Crippen molar-refractivity contribution in [3.8, 4) is 0 Å². The van der Waals surface area contributed by atoms with Crippen molar-refractivity contribution in [3.63, 3.8) is 0 Å². The molecule has 8 heteroatoms. The number of benzene rings is 1. The lowest BCUT2D eigenvalue weighted by atomic mass is 10.1. The summed E-state index contributed by atoms with van der Waals surface area (Å²) < 4.78 is 8.69. The number of para-hydroxylation sites is 2. The smallest absolute Gasteiger partial charge is 0.408 e. The molecule has 1 aliphatic heterocycles. The number of nitrogens with one attached hydrogen (secondary N) is 1. The lowest BCUT2D eigenvalue weighted by Crippen LogP contribution is -2.49. The predicted octanol–water partition coefficient (Wildman–Crippen LogP) is 0.891. The van der Waals surface area contributed by atoms with Crippen LogP contribution in [0.5, 0.6) is 0 Å². The molecule has 1 amide bonds. The second kappa shape index (κ2) is 6.80. The number of carbonyl (C=O) groups excluding carboxylic acids is 1. The molecule has 1 aromatic carbocycles. The number of aryl methyl sites for hydroxylation is 2. The zero-order valence-corrected chi connectivity index (χ0v) is 14.6. The Morgan fingerprint density at radius 2 is 2.23 bits per heavy atom. The highest BCUT2D eigenvalue weighted by Gasteiger charge is 2.30. The standard InChI is InChI=1S/C18H21N5O3/c1-21-10-8-20-17(21)14-12-19-7-11-22(14)16(24)6-9-23-13-4-2-3-5-15(13)26-18(23)25/h2-5,8,10,14,19H,6-7,9,11-12H2,1H3. The molecule has 2 aromatic heterocycles. The van der Waals surface area contributed by atoms with Gasteiger partial charge in [-0.1, -0.05) is 12.1 Å². The minimum atomic E-state index is -0.431. The molecule has 1 N–H and O–H groups in total. The van der Waals surface area contributed by atoms with Gasteiger partial charge in [-0.2, -0.15) is 0 Å². The van der Waals surface area contributed by atoms with Crippen LogP contribution in [-0.4, -0.2) is 44.6 Å². The van der Waals surface area contributed by atoms with Crippen molar-refractivity contribution >= 4 is 17.0 Å². The third kappa shape index (κ3) is 2.92. The Bertz CT molecular complexity index is 986. The molecule has 8 nitrogen and oxygen atoms in total. The van der Waals surface area contributed by atoms with Crippen LogP contribution in [0, 0.1) is 0 Å². The summed E-state index contributed by atoms with van der Waals surface area (Å²) in [6.45, 7) is 2.34. The zero-order chi connectivity index (χ0) is 18.1. The Morgan fingerprint density at radius 3 is 3.04 bits per heavy atom. The maximum Gasteiger partial charge on any atom is 0.419 e. The molecular formula is C18H21N5O3. The van der Waals surface area contributed by atoms with Crippen LogP contribution in [0.2, 0.25) is 0 Å². The van der Waals surface area contributed by atoms with E-state index in [4.69, 9.17) is 4.42 Å². The van der Waals surface area contributed by atoms with Crippen molar-refractivity contribution in [2.45, 2.75) is 19.0 Å². The quantitative estimate of drug-likeness (QED) is 0.751. The largest absolute Gasteiger partial charge is 0.419 e. The molecule has 1 unspecified atom stereocenters. The Balaban J connectivity index is 1.52. The molecule has 4 rings (SSSR count). The van der Waals surface area contributed by atoms with Gasteiger partial charge in [0, 0.05) is 52.0 Å². The van der Waals surface area contributed by atoms with E-state index in [1.165, 1.54) is 4.57 Å². The first kappa shape index (κ1) is 16.6. The average Bonchev–Trinajstić information content (AvgIpc) is 3.22. The van der Waals surface area contributed by atoms with Crippen LogP contribution in [-0.2, 0) is 18.4 Å². The summed E-state index contributed by atoms with van der Waals surface area (Å²) in [4.78, 5) is 31.2. The fraction of sp³-hybridized carbons (Fsp3) is 0.389. The summed E-state index contributed by atoms with van der Waals surface area (Å²) in [5.74, 6) is 0.438. The van der Waals surface area contributed by atoms with Gasteiger partial charge in [-0.15, -0.1) is 0 Å². The van der Waals surface area contributed by atoms with E-state index >= 15 is 0 Å². The van der Waals surface area contributed by atoms with Crippen LogP contribution in [0.1, 0.15) is 18.3 Å². The van der Waals surface area contributed by atoms with Crippen LogP contribution in [0.3, 0.4) is 0 Å². The van der Waals surface area contributed by atoms with Crippen molar-refractivity contribution in [2.24, 2.45) is 7.05 Å². The first-order valence-electron chi connectivity index (χ1n) is 8.71. The summed E-state index contributed by atoms with van der Waals surface area (Å²) >= 11 is 0. The lowest BCUT2D eigenvalue weighted by Gasteiger charge is -2.35. The topological polar surface area (TPSA) is 85.3 Å². The van der Waals surface area contributed by atoms with Gasteiger partial charge < -0.3 is 19.2 Å². The van der Waals surface area contributed by atoms with Crippen LogP contribution < -0.4 is 11.1 Å². The number of hydrogen-bond acceptors (Lipinski definition) is 5. The molecule has 136 valence electrons. The Kier molecular flexibility index (Phi) is 4.34. The third-order valence-corrected chi connectivity index (χ3v) is 4.84. The molecule has 26 heavy (non-hydrogen) atoms. The molecule has 1 fully saturated rings. The molecule has 1 aliphatic rings. The van der Waals surface area contributed by atoms with Gasteiger partial charge in [0.15, 0.2) is 5.58 Å². The highest BCUT2D eigenvalue weighted by Crippen LogP contribution is 2.21. The fourth-order valence-electron chi connectivity index (χ4n) is 3.51. The van der Waals surface area contributed by atoms with Gasteiger partial charge in [-0.3, -0.25) is 9.36 Å². The van der Waals surface area contributed by atoms with Gasteiger partial charge in [-0.25, -0.2) is 9.78 Å². The first-order valence-corrected chi connectivity index (χ1v) is 8.71. The monoisotopic (exact) mass is 355 g/mol. The van der Waals surface area contributed by atoms with Crippen LogP contribution in [0.15, 0.2) is 45.9 Å². The van der Waals surface area contributed by atoms with Crippen LogP contribution in [0.25, 0.3) is 11.1 Å². The minimum absolute atomic E-state index is 0.0108. The van der Waals surface area contributed by atoms with Gasteiger partial charge in [-0.05, 0) is 12.1 Å². The Morgan fingerprint density at radius 1 is 1.38 bits per heavy atom. The van der Waals surface area contributed by atoms with Gasteiger partial charge >= 0.3 is 5.76 Å². The normalized spacial score (nSPS) is 17.7. The first-order chi connectivity index (χ1) is 12.6. The van der Waals surface area contributed by atoms with Crippen molar-refractivity contribution in [2.75, 3.05) is 19.6 Å². The fourth-order valence-corrected chi connectivity index (χ4v) is 3.51. The number of fused-ring (bicyclic) bond motifs is 1. The molecule has 1 saturated heterocycles. The second-order valence-corrected chi connectivity index (χ2v) is 6.44. The second-order valence-electron chi connectivity index (χ2n) is 6.44. The van der Waals surface area contributed by atoms with E-state index in [1.807, 2.05) is 40.9 Å². The number of rotatable bonds is 4. The average molecular weight is 355 g/mol. The number of piperazine rings is 1. The summed E-state index contributed by atoms with van der Waals surface area (Å²) in [7, 11) is 1.93. The number of hydrogen-bond donors (Lipinski definition) is 1. The maximum absolute atomic E-state index is 12.9. The molecule has 0 spiro atoms. The molecule has 0 radical (unpaired) electrons. The minimum Gasteiger partial charge on any atom is -0.408 e. The van der Waals surface area contributed by atoms with E-state index in [1.54, 1.807) is 12.3 Å². The number of oxazole rings is 1. The molecule has 0 bridgehead atoms. The van der Waals surface area contributed by atoms with E-state index in [-0.39, 0.29) is 18.4 Å². The molecule has 3 aromatic rings. The van der Waals surface area contributed by atoms with Crippen molar-refractivity contribution in [3.05, 3.63) is 53.0 Å². The van der Waals surface area contributed by atoms with Crippen molar-refractivity contribution < 1.29 is 9.21 Å². The molecule has 0 aliphatic carbocycles. The van der Waals surface area contributed by atoms with Crippen LogP contribution >= 0.6 is 0 Å². The predicted molar refractivity (Wildman–Crippen MR) is 95.6 cm³/mol. The van der Waals surface area contributed by atoms with Gasteiger partial charge in [0.1, 0.15) is 11.9 Å². The summed E-state index contributed by atoms with van der Waals surface area (Å²) in [5, 5.41) is 3.32. The number of imidazole rings is 1. The zero-order valence-electron chi connectivity index (χ0n) is 14.6. The van der Waals surface area contributed by atoms with E-state index in [0.717, 1.165) is 12.4 Å². The lowest BCUT2D eigenvalue weighted by molar-refractivity contribution is -0.135. The van der Waals surface area contributed by atoms with Crippen LogP contribution in [0.4, 0.5) is 0 Å². The van der Waals surface area contributed by atoms with E-state index in [0.29, 0.717) is 30.7 Å². The van der Waals surface area contributed by atoms with Gasteiger partial charge in [0.25, 0.3) is 0 Å². The van der Waals surface area contributed by atoms with Crippen molar-refractivity contribution in [1.82, 2.24) is 24.3 Å². The number of nitrogens with zero attached hydrogens (tertiary/aromatic N) is 4. The summed E-state index contributed by atoms with van der Waals surface area (Å²) in [6.07, 6.45) is 3.86. The highest BCUT2D eigenvalue weighted by atomic mass is 16.4. The number of aromatic nitrogens is 3. The maximum atomic E-state index is 12.9. The Labute approximate surface area is 150 Å². The van der Waals surface area contributed by atoms with E-state index in [9.17, 15) is 9.59 Å². The molecule has 1 atom stereocenters. The molecule has 3 heterocycles. The molecular weight excluding hydrogens is 334 g/mol. The van der Waals surface area contributed by atoms with Gasteiger partial charge in [0.2, 0.25) is 5.91 Å². The number of amides is 1. The summed E-state index contributed by atoms with van der Waals surface area (Å²) in [6, 6.07) is 7.14. The highest BCUT2D eigenvalue weighted by molar-refractivity contribution is 5.77. The Hall–Kier alpha value is -2.87. The van der Waals surface area contributed by atoms with E-state index in [2.05, 4.69) is 10.3 Å². The van der Waals surface area contributed by atoms with Gasteiger partial charge in [0.05, 0.1) is 5.52 Å².